The van der Waals surface area contributed by atoms with Gasteiger partial charge in [-0.2, -0.15) is 26.3 Å². The number of nitrogens with one attached hydrogen (secondary N) is 3. The molecule has 276 valence electrons. The highest BCUT2D eigenvalue weighted by atomic mass is 19.4. The lowest BCUT2D eigenvalue weighted by Gasteiger charge is -2.27. The van der Waals surface area contributed by atoms with Crippen molar-refractivity contribution in [1.29, 1.82) is 0 Å². The fraction of sp³-hybridized carbons (Fsp3) is 0.548. The van der Waals surface area contributed by atoms with Gasteiger partial charge in [-0.25, -0.2) is 4.79 Å². The number of piperidine rings is 1. The summed E-state index contributed by atoms with van der Waals surface area (Å²) in [5, 5.41) is 22.8. The zero-order valence-corrected chi connectivity index (χ0v) is 27.9. The van der Waals surface area contributed by atoms with E-state index in [9.17, 15) is 35.9 Å². The number of esters is 1. The van der Waals surface area contributed by atoms with Gasteiger partial charge >= 0.3 is 18.3 Å². The number of nitrogens with two attached hydrogens (primary N) is 1. The third kappa shape index (κ3) is 15.2. The molecule has 0 spiro atoms. The SMILES string of the molecule is CCc1c(C(=O)OC(C)(C)C)[nH]c(C[NH2+]c2ccc(OC)cc2)c1C(=O)NCC1CCC[NH+](C)C1.O=C([O-])C(F)(F)F.O=C([O-])C(F)(F)F. The fourth-order valence-electron chi connectivity index (χ4n) is 4.73. The predicted molar refractivity (Wildman–Crippen MR) is 157 cm³/mol. The summed E-state index contributed by atoms with van der Waals surface area (Å²) >= 11 is 0. The molecule has 1 saturated heterocycles. The third-order valence-electron chi connectivity index (χ3n) is 6.89. The summed E-state index contributed by atoms with van der Waals surface area (Å²) in [6.07, 6.45) is -7.53. The van der Waals surface area contributed by atoms with Crippen molar-refractivity contribution in [3.63, 3.8) is 0 Å². The number of hydrogen-bond donors (Lipinski definition) is 4. The number of carboxylic acid groups (broad SMARTS) is 2. The van der Waals surface area contributed by atoms with E-state index >= 15 is 0 Å². The minimum atomic E-state index is -5.19. The predicted octanol–water partition coefficient (Wildman–Crippen LogP) is 0.188. The summed E-state index contributed by atoms with van der Waals surface area (Å²) in [4.78, 5) is 48.8. The largest absolute Gasteiger partial charge is 0.542 e. The number of aromatic nitrogens is 1. The van der Waals surface area contributed by atoms with Gasteiger partial charge in [0.25, 0.3) is 5.91 Å². The Morgan fingerprint density at radius 3 is 1.96 bits per heavy atom. The number of carboxylic acids is 2. The zero-order chi connectivity index (χ0) is 37.7. The van der Waals surface area contributed by atoms with Crippen molar-refractivity contribution in [2.75, 3.05) is 33.8 Å². The molecule has 1 aliphatic heterocycles. The molecule has 18 heteroatoms. The van der Waals surface area contributed by atoms with E-state index in [1.165, 1.54) is 17.9 Å². The summed E-state index contributed by atoms with van der Waals surface area (Å²) in [5.41, 5.74) is 2.75. The van der Waals surface area contributed by atoms with Crippen LogP contribution in [0, 0.1) is 5.92 Å². The maximum atomic E-state index is 13.5. The van der Waals surface area contributed by atoms with E-state index in [4.69, 9.17) is 29.3 Å². The smallest absolute Gasteiger partial charge is 0.430 e. The number of rotatable bonds is 9. The van der Waals surface area contributed by atoms with Crippen LogP contribution in [-0.4, -0.2) is 80.5 Å². The lowest BCUT2D eigenvalue weighted by Crippen LogP contribution is -3.10. The van der Waals surface area contributed by atoms with Crippen molar-refractivity contribution in [2.24, 2.45) is 5.92 Å². The molecule has 49 heavy (non-hydrogen) atoms. The Morgan fingerprint density at radius 1 is 1.00 bits per heavy atom. The number of carbonyl (C=O) groups excluding carboxylic acids is 4. The van der Waals surface area contributed by atoms with Gasteiger partial charge in [-0.3, -0.25) is 4.79 Å². The van der Waals surface area contributed by atoms with Gasteiger partial charge in [0.2, 0.25) is 0 Å². The summed E-state index contributed by atoms with van der Waals surface area (Å²) in [6, 6.07) is 7.75. The minimum Gasteiger partial charge on any atom is -0.542 e. The summed E-state index contributed by atoms with van der Waals surface area (Å²) in [6.45, 7) is 10.9. The number of likely N-dealkylation sites (tertiary alicyclic amines) is 1. The molecule has 1 fully saturated rings. The standard InChI is InChI=1S/C27H40N4O4.2C2HF3O2/c1-7-21-23(25(32)29-15-18-9-8-14-31(5)17-18)22(30-24(21)26(33)35-27(2,3)4)16-28-19-10-12-20(34-6)13-11-19;2*3-2(4,5)1(6)7/h10-13,18,28,30H,7-9,14-17H2,1-6H3,(H,29,32);2*(H,6,7). The highest BCUT2D eigenvalue weighted by Gasteiger charge is 2.31. The van der Waals surface area contributed by atoms with E-state index in [1.54, 1.807) is 7.11 Å². The van der Waals surface area contributed by atoms with Gasteiger partial charge in [0.05, 0.1) is 38.5 Å². The van der Waals surface area contributed by atoms with Gasteiger partial charge in [-0.15, -0.1) is 0 Å². The van der Waals surface area contributed by atoms with Crippen LogP contribution in [0.25, 0.3) is 0 Å². The maximum Gasteiger partial charge on any atom is 0.430 e. The van der Waals surface area contributed by atoms with Crippen LogP contribution in [0.2, 0.25) is 0 Å². The monoisotopic (exact) mass is 712 g/mol. The molecule has 1 aromatic heterocycles. The number of quaternary nitrogens is 2. The Kier molecular flexibility index (Phi) is 16.1. The first-order valence-electron chi connectivity index (χ1n) is 15.1. The number of aromatic amines is 1. The van der Waals surface area contributed by atoms with Gasteiger partial charge in [0.15, 0.2) is 0 Å². The lowest BCUT2D eigenvalue weighted by molar-refractivity contribution is -0.888. The number of alkyl halides is 6. The number of ether oxygens (including phenoxy) is 2. The molecule has 1 aliphatic rings. The van der Waals surface area contributed by atoms with Gasteiger partial charge in [0.1, 0.15) is 41.2 Å². The molecule has 0 radical (unpaired) electrons. The van der Waals surface area contributed by atoms with Gasteiger partial charge in [0, 0.05) is 24.6 Å². The van der Waals surface area contributed by atoms with Crippen molar-refractivity contribution in [1.82, 2.24) is 10.3 Å². The second kappa shape index (κ2) is 18.4. The topological polar surface area (TPSA) is 182 Å². The normalized spacial score (nSPS) is 16.2. The number of aliphatic carboxylic acids is 2. The molecule has 1 aromatic carbocycles. The van der Waals surface area contributed by atoms with Crippen LogP contribution in [0.3, 0.4) is 0 Å². The molecule has 1 amide bonds. The van der Waals surface area contributed by atoms with E-state index < -0.39 is 35.9 Å². The Hall–Kier alpha value is -4.32. The second-order valence-electron chi connectivity index (χ2n) is 12.1. The number of amides is 1. The van der Waals surface area contributed by atoms with Crippen molar-refractivity contribution >= 4 is 29.5 Å². The number of benzene rings is 1. The first kappa shape index (κ1) is 42.7. The molecule has 3 rings (SSSR count). The van der Waals surface area contributed by atoms with Crippen LogP contribution in [0.5, 0.6) is 5.75 Å². The second-order valence-corrected chi connectivity index (χ2v) is 12.1. The summed E-state index contributed by atoms with van der Waals surface area (Å²) < 4.78 is 74.0. The fourth-order valence-corrected chi connectivity index (χ4v) is 4.73. The summed E-state index contributed by atoms with van der Waals surface area (Å²) in [5.74, 6) is -5.32. The van der Waals surface area contributed by atoms with E-state index in [2.05, 4.69) is 17.3 Å². The Morgan fingerprint density at radius 2 is 1.53 bits per heavy atom. The Labute approximate surface area is 279 Å². The molecule has 12 nitrogen and oxygen atoms in total. The molecule has 0 bridgehead atoms. The summed E-state index contributed by atoms with van der Waals surface area (Å²) in [7, 11) is 3.84. The quantitative estimate of drug-likeness (QED) is 0.162. The highest BCUT2D eigenvalue weighted by molar-refractivity contribution is 6.01. The first-order valence-corrected chi connectivity index (χ1v) is 15.1. The van der Waals surface area contributed by atoms with Crippen molar-refractivity contribution < 1.29 is 75.4 Å². The van der Waals surface area contributed by atoms with Crippen LogP contribution in [0.4, 0.5) is 32.0 Å². The van der Waals surface area contributed by atoms with Crippen LogP contribution in [-0.2, 0) is 27.3 Å². The average Bonchev–Trinajstić information content (AvgIpc) is 3.37. The maximum absolute atomic E-state index is 13.5. The van der Waals surface area contributed by atoms with Crippen molar-refractivity contribution in [3.05, 3.63) is 46.8 Å². The molecule has 0 saturated carbocycles. The van der Waals surface area contributed by atoms with E-state index in [1.807, 2.05) is 57.3 Å². The molecule has 2 aromatic rings. The van der Waals surface area contributed by atoms with E-state index in [-0.39, 0.29) is 5.91 Å². The molecule has 5 N–H and O–H groups in total. The molecular formula is C31H42F6N4O8. The number of H-pyrrole nitrogens is 1. The molecular weight excluding hydrogens is 670 g/mol. The van der Waals surface area contributed by atoms with Crippen molar-refractivity contribution in [3.8, 4) is 5.75 Å². The van der Waals surface area contributed by atoms with Crippen molar-refractivity contribution in [2.45, 2.75) is 71.5 Å². The zero-order valence-electron chi connectivity index (χ0n) is 27.9. The molecule has 2 unspecified atom stereocenters. The van der Waals surface area contributed by atoms with Crippen LogP contribution < -0.4 is 30.5 Å². The van der Waals surface area contributed by atoms with Crippen LogP contribution in [0.1, 0.15) is 72.6 Å². The van der Waals surface area contributed by atoms with E-state index in [0.29, 0.717) is 42.2 Å². The third-order valence-corrected chi connectivity index (χ3v) is 6.89. The minimum absolute atomic E-state index is 0.130. The number of halogens is 6. The number of methoxy groups -OCH3 is 1. The van der Waals surface area contributed by atoms with Crippen LogP contribution in [0.15, 0.2) is 24.3 Å². The Bertz CT molecular complexity index is 1380. The van der Waals surface area contributed by atoms with Gasteiger partial charge in [-0.1, -0.05) is 6.92 Å². The number of hydrogen-bond acceptors (Lipinski definition) is 8. The van der Waals surface area contributed by atoms with E-state index in [0.717, 1.165) is 30.1 Å². The molecule has 0 aliphatic carbocycles. The average molecular weight is 713 g/mol. The van der Waals surface area contributed by atoms with Crippen LogP contribution >= 0.6 is 0 Å². The molecule has 2 atom stereocenters. The molecule has 2 heterocycles. The van der Waals surface area contributed by atoms with Gasteiger partial charge in [-0.05, 0) is 57.7 Å². The Balaban J connectivity index is 0.000000717. The highest BCUT2D eigenvalue weighted by Crippen LogP contribution is 2.23. The first-order chi connectivity index (χ1) is 22.5. The van der Waals surface area contributed by atoms with Gasteiger partial charge < -0.3 is 49.8 Å². The number of carbonyl (C=O) groups is 4. The lowest BCUT2D eigenvalue weighted by atomic mass is 9.98.